The van der Waals surface area contributed by atoms with Crippen LogP contribution in [0.5, 0.6) is 5.75 Å². The highest BCUT2D eigenvalue weighted by Crippen LogP contribution is 2.19. The summed E-state index contributed by atoms with van der Waals surface area (Å²) in [6.07, 6.45) is -0.104. The molecule has 1 aliphatic heterocycles. The summed E-state index contributed by atoms with van der Waals surface area (Å²) in [5, 5.41) is 3.73. The summed E-state index contributed by atoms with van der Waals surface area (Å²) in [7, 11) is 0. The van der Waals surface area contributed by atoms with Crippen LogP contribution >= 0.6 is 0 Å². The highest BCUT2D eigenvalue weighted by molar-refractivity contribution is 5.98. The molecular weight excluding hydrogens is 414 g/mol. The Morgan fingerprint density at radius 3 is 2.50 bits per heavy atom. The van der Waals surface area contributed by atoms with Crippen LogP contribution in [0.3, 0.4) is 0 Å². The molecule has 1 heterocycles. The van der Waals surface area contributed by atoms with E-state index in [0.29, 0.717) is 23.6 Å². The Labute approximate surface area is 185 Å². The third kappa shape index (κ3) is 5.84. The molecule has 9 heteroatoms. The van der Waals surface area contributed by atoms with Gasteiger partial charge in [0.2, 0.25) is 5.91 Å². The van der Waals surface area contributed by atoms with E-state index in [1.54, 1.807) is 49.4 Å². The van der Waals surface area contributed by atoms with E-state index >= 15 is 0 Å². The first-order valence-corrected chi connectivity index (χ1v) is 10.2. The minimum absolute atomic E-state index is 0.0181. The van der Waals surface area contributed by atoms with E-state index in [-0.39, 0.29) is 13.0 Å². The third-order valence-corrected chi connectivity index (χ3v) is 4.88. The molecule has 1 fully saturated rings. The summed E-state index contributed by atoms with van der Waals surface area (Å²) >= 11 is 0. The Morgan fingerprint density at radius 1 is 1.09 bits per heavy atom. The van der Waals surface area contributed by atoms with Crippen molar-refractivity contribution in [2.45, 2.75) is 20.3 Å². The number of carbonyl (C=O) groups is 4. The van der Waals surface area contributed by atoms with E-state index in [1.165, 1.54) is 0 Å². The van der Waals surface area contributed by atoms with Gasteiger partial charge in [-0.05, 0) is 49.7 Å². The van der Waals surface area contributed by atoms with Crippen molar-refractivity contribution in [3.05, 3.63) is 59.7 Å². The zero-order chi connectivity index (χ0) is 23.1. The average molecular weight is 439 g/mol. The highest BCUT2D eigenvalue weighted by Gasteiger charge is 2.36. The number of benzene rings is 2. The summed E-state index contributed by atoms with van der Waals surface area (Å²) in [6.45, 7) is 3.71. The molecule has 0 spiro atoms. The lowest BCUT2D eigenvalue weighted by Gasteiger charge is -2.18. The first-order valence-electron chi connectivity index (χ1n) is 10.2. The van der Waals surface area contributed by atoms with Crippen LogP contribution in [0.25, 0.3) is 0 Å². The maximum Gasteiger partial charge on any atom is 0.311 e. The Morgan fingerprint density at radius 2 is 1.81 bits per heavy atom. The van der Waals surface area contributed by atoms with Crippen LogP contribution in [0.2, 0.25) is 0 Å². The minimum atomic E-state index is -0.766. The number of hydrogen-bond acceptors (Lipinski definition) is 6. The molecule has 0 unspecified atom stereocenters. The number of nitrogens with zero attached hydrogens (tertiary/aromatic N) is 1. The number of aryl methyl sites for hydroxylation is 1. The number of amides is 3. The largest absolute Gasteiger partial charge is 0.494 e. The number of ether oxygens (including phenoxy) is 2. The lowest BCUT2D eigenvalue weighted by molar-refractivity contribution is -0.151. The van der Waals surface area contributed by atoms with Crippen molar-refractivity contribution in [1.29, 1.82) is 0 Å². The number of rotatable bonds is 8. The van der Waals surface area contributed by atoms with Gasteiger partial charge in [-0.15, -0.1) is 0 Å². The fraction of sp³-hybridized carbons (Fsp3) is 0.304. The van der Waals surface area contributed by atoms with Crippen molar-refractivity contribution in [2.75, 3.05) is 25.1 Å². The van der Waals surface area contributed by atoms with Crippen LogP contribution in [-0.4, -0.2) is 48.5 Å². The third-order valence-electron chi connectivity index (χ3n) is 4.88. The van der Waals surface area contributed by atoms with Gasteiger partial charge in [0.05, 0.1) is 19.1 Å². The number of nitrogens with one attached hydrogen (secondary N) is 2. The molecule has 0 aromatic heterocycles. The standard InChI is InChI=1S/C23H25N3O6/c1-3-31-18-10-8-17(9-11-18)24-20(27)14-32-23(30)16-12-21(28)26(13-16)25-22(29)19-7-5-4-6-15(19)2/h4-11,16H,3,12-14H2,1-2H3,(H,24,27)(H,25,29)/t16-/m0/s1. The van der Waals surface area contributed by atoms with Crippen LogP contribution in [0.4, 0.5) is 5.69 Å². The topological polar surface area (TPSA) is 114 Å². The Bertz CT molecular complexity index is 1010. The molecule has 168 valence electrons. The molecule has 32 heavy (non-hydrogen) atoms. The van der Waals surface area contributed by atoms with E-state index in [4.69, 9.17) is 9.47 Å². The first-order chi connectivity index (χ1) is 15.4. The van der Waals surface area contributed by atoms with Gasteiger partial charge in [0.1, 0.15) is 5.75 Å². The second-order valence-corrected chi connectivity index (χ2v) is 7.27. The predicted molar refractivity (Wildman–Crippen MR) is 116 cm³/mol. The molecule has 3 rings (SSSR count). The number of hydrogen-bond donors (Lipinski definition) is 2. The van der Waals surface area contributed by atoms with Gasteiger partial charge < -0.3 is 14.8 Å². The van der Waals surface area contributed by atoms with E-state index < -0.39 is 36.2 Å². The first kappa shape index (κ1) is 22.8. The second kappa shape index (κ2) is 10.4. The van der Waals surface area contributed by atoms with Crippen molar-refractivity contribution in [1.82, 2.24) is 10.4 Å². The van der Waals surface area contributed by atoms with Gasteiger partial charge in [-0.25, -0.2) is 0 Å². The van der Waals surface area contributed by atoms with E-state index in [2.05, 4.69) is 10.7 Å². The molecule has 0 radical (unpaired) electrons. The number of hydrazine groups is 1. The van der Waals surface area contributed by atoms with Crippen LogP contribution < -0.4 is 15.5 Å². The van der Waals surface area contributed by atoms with E-state index in [1.807, 2.05) is 13.0 Å². The summed E-state index contributed by atoms with van der Waals surface area (Å²) in [6, 6.07) is 13.8. The minimum Gasteiger partial charge on any atom is -0.494 e. The van der Waals surface area contributed by atoms with Crippen molar-refractivity contribution in [3.63, 3.8) is 0 Å². The lowest BCUT2D eigenvalue weighted by atomic mass is 10.1. The summed E-state index contributed by atoms with van der Waals surface area (Å²) < 4.78 is 10.4. The van der Waals surface area contributed by atoms with Gasteiger partial charge in [-0.2, -0.15) is 0 Å². The Kier molecular flexibility index (Phi) is 7.43. The number of carbonyl (C=O) groups excluding carboxylic acids is 4. The summed E-state index contributed by atoms with van der Waals surface area (Å²) in [4.78, 5) is 49.0. The van der Waals surface area contributed by atoms with Gasteiger partial charge in [-0.1, -0.05) is 18.2 Å². The molecule has 1 atom stereocenters. The Hall–Kier alpha value is -3.88. The number of esters is 1. The van der Waals surface area contributed by atoms with Crippen LogP contribution in [0.1, 0.15) is 29.3 Å². The van der Waals surface area contributed by atoms with Gasteiger partial charge in [0, 0.05) is 17.7 Å². The van der Waals surface area contributed by atoms with Gasteiger partial charge in [0.25, 0.3) is 11.8 Å². The maximum atomic E-state index is 12.4. The van der Waals surface area contributed by atoms with E-state index in [0.717, 1.165) is 10.6 Å². The molecular formula is C23H25N3O6. The molecule has 2 N–H and O–H groups in total. The zero-order valence-corrected chi connectivity index (χ0v) is 17.9. The van der Waals surface area contributed by atoms with Crippen molar-refractivity contribution in [2.24, 2.45) is 5.92 Å². The molecule has 9 nitrogen and oxygen atoms in total. The quantitative estimate of drug-likeness (QED) is 0.609. The van der Waals surface area contributed by atoms with Gasteiger partial charge in [-0.3, -0.25) is 29.6 Å². The molecule has 0 aliphatic carbocycles. The number of anilines is 1. The zero-order valence-electron chi connectivity index (χ0n) is 17.9. The molecule has 2 aromatic rings. The van der Waals surface area contributed by atoms with Crippen molar-refractivity contribution >= 4 is 29.4 Å². The van der Waals surface area contributed by atoms with Gasteiger partial charge >= 0.3 is 5.97 Å². The molecule has 0 saturated carbocycles. The summed E-state index contributed by atoms with van der Waals surface area (Å²) in [5.74, 6) is -2.09. The fourth-order valence-electron chi connectivity index (χ4n) is 3.24. The maximum absolute atomic E-state index is 12.4. The smallest absolute Gasteiger partial charge is 0.311 e. The normalized spacial score (nSPS) is 15.2. The monoisotopic (exact) mass is 439 g/mol. The molecule has 0 bridgehead atoms. The summed E-state index contributed by atoms with van der Waals surface area (Å²) in [5.41, 5.74) is 4.28. The van der Waals surface area contributed by atoms with Crippen molar-refractivity contribution < 1.29 is 28.7 Å². The molecule has 1 aliphatic rings. The van der Waals surface area contributed by atoms with Crippen molar-refractivity contribution in [3.8, 4) is 5.75 Å². The van der Waals surface area contributed by atoms with Crippen LogP contribution in [0, 0.1) is 12.8 Å². The lowest BCUT2D eigenvalue weighted by Crippen LogP contribution is -2.43. The molecule has 3 amide bonds. The Balaban J connectivity index is 1.46. The van der Waals surface area contributed by atoms with Crippen LogP contribution in [0.15, 0.2) is 48.5 Å². The average Bonchev–Trinajstić information content (AvgIpc) is 3.14. The van der Waals surface area contributed by atoms with E-state index in [9.17, 15) is 19.2 Å². The second-order valence-electron chi connectivity index (χ2n) is 7.27. The fourth-order valence-corrected chi connectivity index (χ4v) is 3.24. The SMILES string of the molecule is CCOc1ccc(NC(=O)COC(=O)[C@H]2CC(=O)N(NC(=O)c3ccccc3C)C2)cc1. The molecule has 1 saturated heterocycles. The molecule has 2 aromatic carbocycles. The highest BCUT2D eigenvalue weighted by atomic mass is 16.5. The van der Waals surface area contributed by atoms with Gasteiger partial charge in [0.15, 0.2) is 6.61 Å². The predicted octanol–water partition coefficient (Wildman–Crippen LogP) is 2.07. The van der Waals surface area contributed by atoms with Crippen LogP contribution in [-0.2, 0) is 19.1 Å².